The SMILES string of the molecule is COc1ccc(C)c2c(C=O)csc12. The Balaban J connectivity index is 2.86. The van der Waals surface area contributed by atoms with Crippen molar-refractivity contribution in [3.63, 3.8) is 0 Å². The number of hydrogen-bond acceptors (Lipinski definition) is 3. The molecule has 0 bridgehead atoms. The van der Waals surface area contributed by atoms with E-state index in [-0.39, 0.29) is 0 Å². The predicted molar refractivity (Wildman–Crippen MR) is 58.5 cm³/mol. The van der Waals surface area contributed by atoms with Crippen molar-refractivity contribution in [3.8, 4) is 5.75 Å². The van der Waals surface area contributed by atoms with Crippen molar-refractivity contribution in [2.24, 2.45) is 0 Å². The number of ether oxygens (including phenoxy) is 1. The summed E-state index contributed by atoms with van der Waals surface area (Å²) in [6.45, 7) is 2.00. The summed E-state index contributed by atoms with van der Waals surface area (Å²) in [6, 6.07) is 3.91. The number of carbonyl (C=O) groups is 1. The molecule has 2 nitrogen and oxygen atoms in total. The first-order valence-corrected chi connectivity index (χ1v) is 5.16. The third kappa shape index (κ3) is 1.21. The van der Waals surface area contributed by atoms with Gasteiger partial charge in [0.25, 0.3) is 0 Å². The monoisotopic (exact) mass is 206 g/mol. The fraction of sp³-hybridized carbons (Fsp3) is 0.182. The Morgan fingerprint density at radius 3 is 2.86 bits per heavy atom. The predicted octanol–water partition coefficient (Wildman–Crippen LogP) is 3.03. The third-order valence-electron chi connectivity index (χ3n) is 2.27. The van der Waals surface area contributed by atoms with E-state index in [0.29, 0.717) is 0 Å². The number of rotatable bonds is 2. The van der Waals surface area contributed by atoms with E-state index in [2.05, 4.69) is 0 Å². The first-order chi connectivity index (χ1) is 6.77. The Labute approximate surface area is 86.1 Å². The highest BCUT2D eigenvalue weighted by atomic mass is 32.1. The van der Waals surface area contributed by atoms with Gasteiger partial charge < -0.3 is 4.74 Å². The van der Waals surface area contributed by atoms with Gasteiger partial charge in [-0.1, -0.05) is 6.07 Å². The Morgan fingerprint density at radius 2 is 2.21 bits per heavy atom. The van der Waals surface area contributed by atoms with Gasteiger partial charge in [0.2, 0.25) is 0 Å². The second-order valence-corrected chi connectivity index (χ2v) is 3.98. The lowest BCUT2D eigenvalue weighted by molar-refractivity contribution is 0.112. The van der Waals surface area contributed by atoms with Crippen LogP contribution in [0, 0.1) is 6.92 Å². The standard InChI is InChI=1S/C11H10O2S/c1-7-3-4-9(13-2)11-10(7)8(5-12)6-14-11/h3-6H,1-2H3. The van der Waals surface area contributed by atoms with Crippen LogP contribution in [-0.2, 0) is 0 Å². The smallest absolute Gasteiger partial charge is 0.151 e. The van der Waals surface area contributed by atoms with E-state index in [4.69, 9.17) is 4.74 Å². The molecule has 1 heterocycles. The van der Waals surface area contributed by atoms with Crippen LogP contribution in [0.2, 0.25) is 0 Å². The van der Waals surface area contributed by atoms with E-state index in [1.165, 1.54) is 0 Å². The van der Waals surface area contributed by atoms with Crippen LogP contribution in [0.4, 0.5) is 0 Å². The van der Waals surface area contributed by atoms with E-state index < -0.39 is 0 Å². The van der Waals surface area contributed by atoms with Gasteiger partial charge in [0.15, 0.2) is 6.29 Å². The zero-order valence-corrected chi connectivity index (χ0v) is 8.85. The zero-order chi connectivity index (χ0) is 10.1. The zero-order valence-electron chi connectivity index (χ0n) is 8.03. The van der Waals surface area contributed by atoms with Gasteiger partial charge >= 0.3 is 0 Å². The minimum atomic E-state index is 0.751. The molecule has 0 aliphatic heterocycles. The molecule has 0 radical (unpaired) electrons. The van der Waals surface area contributed by atoms with Gasteiger partial charge in [-0.15, -0.1) is 11.3 Å². The molecule has 0 N–H and O–H groups in total. The summed E-state index contributed by atoms with van der Waals surface area (Å²) in [6.07, 6.45) is 0.894. The number of carbonyl (C=O) groups excluding carboxylic acids is 1. The molecule has 0 spiro atoms. The number of fused-ring (bicyclic) bond motifs is 1. The molecule has 1 aromatic carbocycles. The second kappa shape index (κ2) is 3.42. The Morgan fingerprint density at radius 1 is 1.43 bits per heavy atom. The lowest BCUT2D eigenvalue weighted by Crippen LogP contribution is -1.85. The number of aldehydes is 1. The third-order valence-corrected chi connectivity index (χ3v) is 3.28. The van der Waals surface area contributed by atoms with Crippen molar-refractivity contribution >= 4 is 27.7 Å². The highest BCUT2D eigenvalue weighted by Gasteiger charge is 2.09. The van der Waals surface area contributed by atoms with E-state index in [1.54, 1.807) is 18.4 Å². The average molecular weight is 206 g/mol. The molecule has 72 valence electrons. The summed E-state index contributed by atoms with van der Waals surface area (Å²) in [4.78, 5) is 10.8. The van der Waals surface area contributed by atoms with Crippen molar-refractivity contribution in [1.29, 1.82) is 0 Å². The van der Waals surface area contributed by atoms with Crippen LogP contribution in [0.15, 0.2) is 17.5 Å². The quantitative estimate of drug-likeness (QED) is 0.706. The highest BCUT2D eigenvalue weighted by molar-refractivity contribution is 7.18. The van der Waals surface area contributed by atoms with E-state index in [9.17, 15) is 4.79 Å². The molecule has 0 unspecified atom stereocenters. The minimum absolute atomic E-state index is 0.751. The van der Waals surface area contributed by atoms with Crippen LogP contribution in [0.3, 0.4) is 0 Å². The number of aryl methyl sites for hydroxylation is 1. The molecule has 0 amide bonds. The van der Waals surface area contributed by atoms with Gasteiger partial charge in [-0.05, 0) is 18.6 Å². The van der Waals surface area contributed by atoms with Gasteiger partial charge in [-0.25, -0.2) is 0 Å². The molecule has 0 saturated carbocycles. The number of thiophene rings is 1. The maximum atomic E-state index is 10.8. The largest absolute Gasteiger partial charge is 0.495 e. The van der Waals surface area contributed by atoms with Gasteiger partial charge in [0, 0.05) is 16.3 Å². The van der Waals surface area contributed by atoms with Crippen LogP contribution in [0.1, 0.15) is 15.9 Å². The lowest BCUT2D eigenvalue weighted by Gasteiger charge is -2.03. The van der Waals surface area contributed by atoms with E-state index >= 15 is 0 Å². The van der Waals surface area contributed by atoms with Crippen molar-refractivity contribution in [2.45, 2.75) is 6.92 Å². The average Bonchev–Trinajstić information content (AvgIpc) is 2.63. The topological polar surface area (TPSA) is 26.3 Å². The molecule has 1 aromatic heterocycles. The molecule has 0 saturated heterocycles. The van der Waals surface area contributed by atoms with Crippen molar-refractivity contribution in [1.82, 2.24) is 0 Å². The van der Waals surface area contributed by atoms with E-state index in [1.807, 2.05) is 24.4 Å². The molecule has 0 atom stereocenters. The minimum Gasteiger partial charge on any atom is -0.495 e. The molecule has 0 fully saturated rings. The summed E-state index contributed by atoms with van der Waals surface area (Å²) < 4.78 is 6.29. The van der Waals surface area contributed by atoms with Crippen LogP contribution in [0.5, 0.6) is 5.75 Å². The van der Waals surface area contributed by atoms with Gasteiger partial charge in [-0.3, -0.25) is 4.79 Å². The molecular formula is C11H10O2S. The lowest BCUT2D eigenvalue weighted by atomic mass is 10.1. The molecule has 2 rings (SSSR count). The fourth-order valence-corrected chi connectivity index (χ4v) is 2.65. The number of hydrogen-bond donors (Lipinski definition) is 0. The highest BCUT2D eigenvalue weighted by Crippen LogP contribution is 2.35. The van der Waals surface area contributed by atoms with Gasteiger partial charge in [0.1, 0.15) is 5.75 Å². The first kappa shape index (κ1) is 9.21. The Kier molecular flexibility index (Phi) is 2.25. The van der Waals surface area contributed by atoms with Crippen LogP contribution in [0.25, 0.3) is 10.1 Å². The van der Waals surface area contributed by atoms with Crippen molar-refractivity contribution < 1.29 is 9.53 Å². The van der Waals surface area contributed by atoms with Crippen LogP contribution < -0.4 is 4.74 Å². The van der Waals surface area contributed by atoms with Gasteiger partial charge in [-0.2, -0.15) is 0 Å². The summed E-state index contributed by atoms with van der Waals surface area (Å²) in [5.41, 5.74) is 1.87. The normalized spacial score (nSPS) is 10.4. The molecule has 14 heavy (non-hydrogen) atoms. The molecule has 0 aliphatic rings. The van der Waals surface area contributed by atoms with E-state index in [0.717, 1.165) is 33.2 Å². The molecular weight excluding hydrogens is 196 g/mol. The molecule has 2 aromatic rings. The number of methoxy groups -OCH3 is 1. The molecule has 0 aliphatic carbocycles. The Hall–Kier alpha value is -1.35. The second-order valence-electron chi connectivity index (χ2n) is 3.10. The van der Waals surface area contributed by atoms with Crippen molar-refractivity contribution in [3.05, 3.63) is 28.6 Å². The first-order valence-electron chi connectivity index (χ1n) is 4.28. The van der Waals surface area contributed by atoms with Gasteiger partial charge in [0.05, 0.1) is 11.8 Å². The van der Waals surface area contributed by atoms with Crippen LogP contribution in [-0.4, -0.2) is 13.4 Å². The maximum absolute atomic E-state index is 10.8. The number of benzene rings is 1. The van der Waals surface area contributed by atoms with Crippen LogP contribution >= 0.6 is 11.3 Å². The Bertz CT molecular complexity index is 485. The summed E-state index contributed by atoms with van der Waals surface area (Å²) >= 11 is 1.55. The summed E-state index contributed by atoms with van der Waals surface area (Å²) in [7, 11) is 1.64. The van der Waals surface area contributed by atoms with Crippen molar-refractivity contribution in [2.75, 3.05) is 7.11 Å². The fourth-order valence-electron chi connectivity index (χ4n) is 1.57. The maximum Gasteiger partial charge on any atom is 0.151 e. The summed E-state index contributed by atoms with van der Waals surface area (Å²) in [5, 5.41) is 2.89. The summed E-state index contributed by atoms with van der Waals surface area (Å²) in [5.74, 6) is 0.837. The molecule has 3 heteroatoms.